The Morgan fingerprint density at radius 2 is 1.81 bits per heavy atom. The van der Waals surface area contributed by atoms with Gasteiger partial charge in [0.25, 0.3) is 0 Å². The molecule has 21 heavy (non-hydrogen) atoms. The van der Waals surface area contributed by atoms with Crippen molar-refractivity contribution in [2.75, 3.05) is 6.54 Å². The zero-order chi connectivity index (χ0) is 16.4. The van der Waals surface area contributed by atoms with Crippen LogP contribution in [0.5, 0.6) is 0 Å². The quantitative estimate of drug-likeness (QED) is 0.749. The summed E-state index contributed by atoms with van der Waals surface area (Å²) >= 11 is 0. The van der Waals surface area contributed by atoms with Crippen LogP contribution in [0.15, 0.2) is 0 Å². The fourth-order valence-electron chi connectivity index (χ4n) is 3.01. The normalized spacial score (nSPS) is 28.8. The summed E-state index contributed by atoms with van der Waals surface area (Å²) in [4.78, 5) is 23.3. The molecular weight excluding hydrogens is 268 g/mol. The first kappa shape index (κ1) is 17.8. The van der Waals surface area contributed by atoms with Gasteiger partial charge in [-0.25, -0.2) is 4.79 Å². The first-order chi connectivity index (χ1) is 9.45. The highest BCUT2D eigenvalue weighted by Gasteiger charge is 2.46. The molecule has 5 heteroatoms. The van der Waals surface area contributed by atoms with Gasteiger partial charge in [-0.1, -0.05) is 41.5 Å². The summed E-state index contributed by atoms with van der Waals surface area (Å²) in [6.45, 7) is 12.8. The molecule has 0 bridgehead atoms. The standard InChI is InChI=1S/C16H30N2O3/c1-10-12(18-14(21)17-9-15(2,3)4)8-7-11(13(19)20)16(10,5)6/h10-12H,7-9H2,1-6H3,(H,19,20)(H2,17,18,21). The highest BCUT2D eigenvalue weighted by Crippen LogP contribution is 2.45. The van der Waals surface area contributed by atoms with Gasteiger partial charge in [0.1, 0.15) is 0 Å². The molecule has 122 valence electrons. The number of hydrogen-bond donors (Lipinski definition) is 3. The Balaban J connectivity index is 2.62. The molecule has 3 unspecified atom stereocenters. The fraction of sp³-hybridized carbons (Fsp3) is 0.875. The molecule has 1 aliphatic carbocycles. The first-order valence-electron chi connectivity index (χ1n) is 7.72. The number of carboxylic acid groups (broad SMARTS) is 1. The van der Waals surface area contributed by atoms with Crippen molar-refractivity contribution >= 4 is 12.0 Å². The van der Waals surface area contributed by atoms with E-state index in [4.69, 9.17) is 0 Å². The van der Waals surface area contributed by atoms with E-state index in [1.54, 1.807) is 0 Å². The van der Waals surface area contributed by atoms with E-state index < -0.39 is 5.97 Å². The van der Waals surface area contributed by atoms with Crippen LogP contribution in [0.3, 0.4) is 0 Å². The number of aliphatic carboxylic acids is 1. The van der Waals surface area contributed by atoms with Crippen LogP contribution in [0.2, 0.25) is 0 Å². The van der Waals surface area contributed by atoms with Gasteiger partial charge in [0, 0.05) is 12.6 Å². The van der Waals surface area contributed by atoms with Gasteiger partial charge in [-0.15, -0.1) is 0 Å². The number of urea groups is 1. The average molecular weight is 298 g/mol. The zero-order valence-corrected chi connectivity index (χ0v) is 14.1. The SMILES string of the molecule is CC1C(NC(=O)NCC(C)(C)C)CCC(C(=O)O)C1(C)C. The van der Waals surface area contributed by atoms with Gasteiger partial charge >= 0.3 is 12.0 Å². The minimum Gasteiger partial charge on any atom is -0.481 e. The predicted molar refractivity (Wildman–Crippen MR) is 83.1 cm³/mol. The Morgan fingerprint density at radius 1 is 1.24 bits per heavy atom. The molecule has 2 amide bonds. The maximum Gasteiger partial charge on any atom is 0.315 e. The summed E-state index contributed by atoms with van der Waals surface area (Å²) in [5.41, 5.74) is -0.282. The number of carbonyl (C=O) groups is 2. The lowest BCUT2D eigenvalue weighted by molar-refractivity contribution is -0.150. The van der Waals surface area contributed by atoms with Crippen LogP contribution in [0.1, 0.15) is 54.4 Å². The van der Waals surface area contributed by atoms with Crippen LogP contribution in [0, 0.1) is 22.7 Å². The van der Waals surface area contributed by atoms with Crippen molar-refractivity contribution < 1.29 is 14.7 Å². The van der Waals surface area contributed by atoms with Crippen LogP contribution >= 0.6 is 0 Å². The Morgan fingerprint density at radius 3 is 2.29 bits per heavy atom. The number of rotatable bonds is 3. The molecule has 1 aliphatic rings. The Hall–Kier alpha value is -1.26. The van der Waals surface area contributed by atoms with Crippen LogP contribution in [0.4, 0.5) is 4.79 Å². The van der Waals surface area contributed by atoms with E-state index in [0.29, 0.717) is 19.4 Å². The summed E-state index contributed by atoms with van der Waals surface area (Å²) in [6, 6.07) is -0.137. The third-order valence-electron chi connectivity index (χ3n) is 4.84. The molecule has 0 aromatic carbocycles. The van der Waals surface area contributed by atoms with Crippen molar-refractivity contribution in [1.82, 2.24) is 10.6 Å². The Kier molecular flexibility index (Phi) is 5.29. The summed E-state index contributed by atoms with van der Waals surface area (Å²) in [5.74, 6) is -0.960. The van der Waals surface area contributed by atoms with Crippen molar-refractivity contribution in [3.63, 3.8) is 0 Å². The molecule has 0 heterocycles. The second-order valence-electron chi connectivity index (χ2n) is 8.07. The molecule has 0 aliphatic heterocycles. The molecule has 1 rings (SSSR count). The minimum absolute atomic E-state index is 0.0237. The molecule has 1 saturated carbocycles. The first-order valence-corrected chi connectivity index (χ1v) is 7.72. The number of hydrogen-bond acceptors (Lipinski definition) is 2. The highest BCUT2D eigenvalue weighted by atomic mass is 16.4. The predicted octanol–water partition coefficient (Wildman–Crippen LogP) is 2.86. The number of carboxylic acids is 1. The second kappa shape index (κ2) is 6.24. The Bertz CT molecular complexity index is 399. The van der Waals surface area contributed by atoms with E-state index in [2.05, 4.69) is 31.4 Å². The molecule has 0 spiro atoms. The summed E-state index contributed by atoms with van der Waals surface area (Å²) in [5, 5.41) is 15.2. The van der Waals surface area contributed by atoms with Gasteiger partial charge < -0.3 is 15.7 Å². The molecule has 0 saturated heterocycles. The van der Waals surface area contributed by atoms with Crippen molar-refractivity contribution in [2.24, 2.45) is 22.7 Å². The van der Waals surface area contributed by atoms with E-state index in [0.717, 1.165) is 0 Å². The lowest BCUT2D eigenvalue weighted by Crippen LogP contribution is -2.54. The summed E-state index contributed by atoms with van der Waals surface area (Å²) in [6.07, 6.45) is 1.32. The molecule has 5 nitrogen and oxygen atoms in total. The van der Waals surface area contributed by atoms with E-state index in [1.807, 2.05) is 20.8 Å². The minimum atomic E-state index is -0.734. The number of nitrogens with one attached hydrogen (secondary N) is 2. The van der Waals surface area contributed by atoms with Gasteiger partial charge in [-0.2, -0.15) is 0 Å². The largest absolute Gasteiger partial charge is 0.481 e. The third kappa shape index (κ3) is 4.61. The van der Waals surface area contributed by atoms with Crippen LogP contribution in [-0.2, 0) is 4.79 Å². The topological polar surface area (TPSA) is 78.4 Å². The molecule has 0 aromatic rings. The van der Waals surface area contributed by atoms with Gasteiger partial charge in [-0.3, -0.25) is 4.79 Å². The van der Waals surface area contributed by atoms with E-state index in [1.165, 1.54) is 0 Å². The van der Waals surface area contributed by atoms with Crippen LogP contribution in [-0.4, -0.2) is 29.7 Å². The monoisotopic (exact) mass is 298 g/mol. The van der Waals surface area contributed by atoms with Gasteiger partial charge in [0.2, 0.25) is 0 Å². The van der Waals surface area contributed by atoms with Crippen molar-refractivity contribution in [3.8, 4) is 0 Å². The van der Waals surface area contributed by atoms with Crippen molar-refractivity contribution in [3.05, 3.63) is 0 Å². The smallest absolute Gasteiger partial charge is 0.315 e. The molecule has 3 N–H and O–H groups in total. The lowest BCUT2D eigenvalue weighted by Gasteiger charge is -2.46. The maximum atomic E-state index is 12.0. The van der Waals surface area contributed by atoms with Gasteiger partial charge in [0.15, 0.2) is 0 Å². The third-order valence-corrected chi connectivity index (χ3v) is 4.84. The molecule has 3 atom stereocenters. The van der Waals surface area contributed by atoms with Crippen molar-refractivity contribution in [1.29, 1.82) is 0 Å². The highest BCUT2D eigenvalue weighted by molar-refractivity contribution is 5.74. The molecule has 0 aromatic heterocycles. The van der Waals surface area contributed by atoms with E-state index >= 15 is 0 Å². The van der Waals surface area contributed by atoms with Gasteiger partial charge in [-0.05, 0) is 29.6 Å². The lowest BCUT2D eigenvalue weighted by atomic mass is 9.61. The van der Waals surface area contributed by atoms with E-state index in [-0.39, 0.29) is 34.7 Å². The molecule has 1 fully saturated rings. The molecule has 0 radical (unpaired) electrons. The number of carbonyl (C=O) groups excluding carboxylic acids is 1. The molecular formula is C16H30N2O3. The summed E-state index contributed by atoms with van der Waals surface area (Å²) in [7, 11) is 0. The summed E-state index contributed by atoms with van der Waals surface area (Å²) < 4.78 is 0. The van der Waals surface area contributed by atoms with Crippen molar-refractivity contribution in [2.45, 2.75) is 60.4 Å². The maximum absolute atomic E-state index is 12.0. The number of amides is 2. The van der Waals surface area contributed by atoms with Gasteiger partial charge in [0.05, 0.1) is 5.92 Å². The van der Waals surface area contributed by atoms with Crippen LogP contribution in [0.25, 0.3) is 0 Å². The van der Waals surface area contributed by atoms with E-state index in [9.17, 15) is 14.7 Å². The Labute approximate surface area is 127 Å². The van der Waals surface area contributed by atoms with Crippen LogP contribution < -0.4 is 10.6 Å². The zero-order valence-electron chi connectivity index (χ0n) is 14.1. The average Bonchev–Trinajstić information content (AvgIpc) is 2.31. The second-order valence-corrected chi connectivity index (χ2v) is 8.07. The fourth-order valence-corrected chi connectivity index (χ4v) is 3.01.